The maximum Gasteiger partial charge on any atom is 0.255 e. The number of hydrogen-bond acceptors (Lipinski definition) is 4. The van der Waals surface area contributed by atoms with Crippen molar-refractivity contribution in [1.29, 1.82) is 0 Å². The highest BCUT2D eigenvalue weighted by molar-refractivity contribution is 7.80. The van der Waals surface area contributed by atoms with Crippen LogP contribution in [0.2, 0.25) is 0 Å². The normalized spacial score (nSPS) is 14.8. The molecule has 0 fully saturated rings. The number of rotatable bonds is 0. The van der Waals surface area contributed by atoms with Crippen LogP contribution in [0.1, 0.15) is 20.3 Å². The van der Waals surface area contributed by atoms with Crippen molar-refractivity contribution in [2.75, 3.05) is 6.61 Å². The van der Waals surface area contributed by atoms with Crippen molar-refractivity contribution in [1.82, 2.24) is 5.01 Å². The number of hydrazone groups is 1. The minimum atomic E-state index is -0.148. The van der Waals surface area contributed by atoms with E-state index in [4.69, 9.17) is 10.8 Å². The summed E-state index contributed by atoms with van der Waals surface area (Å²) in [4.78, 5) is 10.9. The van der Waals surface area contributed by atoms with Crippen molar-refractivity contribution in [3.8, 4) is 0 Å². The zero-order chi connectivity index (χ0) is 10.4. The molecule has 1 amide bonds. The Kier molecular flexibility index (Phi) is 5.17. The van der Waals surface area contributed by atoms with Gasteiger partial charge in [-0.05, 0) is 26.1 Å². The fourth-order valence-corrected chi connectivity index (χ4v) is 0.870. The number of aliphatic hydroxyl groups excluding tert-OH is 1. The van der Waals surface area contributed by atoms with Gasteiger partial charge in [0.25, 0.3) is 5.91 Å². The first kappa shape index (κ1) is 12.0. The molecular weight excluding hydrogens is 190 g/mol. The average molecular weight is 203 g/mol. The van der Waals surface area contributed by atoms with E-state index >= 15 is 0 Å². The predicted molar refractivity (Wildman–Crippen MR) is 54.1 cm³/mol. The van der Waals surface area contributed by atoms with Gasteiger partial charge in [0.05, 0.1) is 6.42 Å². The van der Waals surface area contributed by atoms with Gasteiger partial charge in [-0.1, -0.05) is 0 Å². The van der Waals surface area contributed by atoms with Crippen LogP contribution in [0.25, 0.3) is 0 Å². The first-order chi connectivity index (χ1) is 6.02. The average Bonchev–Trinajstić information content (AvgIpc) is 2.31. The lowest BCUT2D eigenvalue weighted by atomic mass is 10.3. The second kappa shape index (κ2) is 5.60. The maximum atomic E-state index is 10.9. The topological polar surface area (TPSA) is 78.9 Å². The molecule has 1 heterocycles. The van der Waals surface area contributed by atoms with E-state index in [1.807, 2.05) is 0 Å². The molecule has 0 spiro atoms. The van der Waals surface area contributed by atoms with Crippen LogP contribution in [0.15, 0.2) is 5.10 Å². The number of nitrogens with two attached hydrogens (primary N) is 1. The van der Waals surface area contributed by atoms with Gasteiger partial charge in [0.2, 0.25) is 0 Å². The summed E-state index contributed by atoms with van der Waals surface area (Å²) in [5.41, 5.74) is 5.93. The van der Waals surface area contributed by atoms with Crippen molar-refractivity contribution in [3.05, 3.63) is 0 Å². The molecule has 74 valence electrons. The number of carbonyl (C=O) groups excluding carboxylic acids is 1. The highest BCUT2D eigenvalue weighted by Gasteiger charge is 2.22. The Hall–Kier alpha value is -1.01. The van der Waals surface area contributed by atoms with E-state index < -0.39 is 0 Å². The van der Waals surface area contributed by atoms with Crippen molar-refractivity contribution < 1.29 is 9.90 Å². The number of nitrogens with zero attached hydrogens (tertiary/aromatic N) is 2. The molecule has 0 bridgehead atoms. The Morgan fingerprint density at radius 1 is 1.85 bits per heavy atom. The van der Waals surface area contributed by atoms with Crippen molar-refractivity contribution in [2.24, 2.45) is 10.8 Å². The minimum absolute atomic E-state index is 0.0156. The Morgan fingerprint density at radius 2 is 2.31 bits per heavy atom. The number of amides is 1. The van der Waals surface area contributed by atoms with Gasteiger partial charge in [-0.15, -0.1) is 0 Å². The highest BCUT2D eigenvalue weighted by Crippen LogP contribution is 2.06. The summed E-state index contributed by atoms with van der Waals surface area (Å²) in [5.74, 6) is -0.148. The Morgan fingerprint density at radius 3 is 2.46 bits per heavy atom. The Labute approximate surface area is 82.2 Å². The number of thiocarbonyl (C=S) groups is 1. The third-order valence-corrected chi connectivity index (χ3v) is 1.30. The first-order valence-corrected chi connectivity index (χ1v) is 4.21. The molecule has 13 heavy (non-hydrogen) atoms. The summed E-state index contributed by atoms with van der Waals surface area (Å²) >= 11 is 4.56. The summed E-state index contributed by atoms with van der Waals surface area (Å²) in [6.07, 6.45) is 0.331. The Balaban J connectivity index is 0.000000424. The molecular formula is C7H13N3O2S. The van der Waals surface area contributed by atoms with E-state index in [-0.39, 0.29) is 17.6 Å². The van der Waals surface area contributed by atoms with Gasteiger partial charge < -0.3 is 10.8 Å². The molecule has 0 saturated carbocycles. The summed E-state index contributed by atoms with van der Waals surface area (Å²) < 4.78 is 0. The lowest BCUT2D eigenvalue weighted by molar-refractivity contribution is -0.125. The van der Waals surface area contributed by atoms with Crippen LogP contribution in [-0.4, -0.2) is 33.5 Å². The lowest BCUT2D eigenvalue weighted by Crippen LogP contribution is -2.32. The predicted octanol–water partition coefficient (Wildman–Crippen LogP) is -0.163. The highest BCUT2D eigenvalue weighted by atomic mass is 32.1. The lowest BCUT2D eigenvalue weighted by Gasteiger charge is -2.06. The van der Waals surface area contributed by atoms with Gasteiger partial charge in [0, 0.05) is 12.3 Å². The van der Waals surface area contributed by atoms with Crippen molar-refractivity contribution in [2.45, 2.75) is 20.3 Å². The standard InChI is InChI=1S/C5H7N3OS.C2H6O/c1-3-2-4(9)8(7-3)5(6)10;1-2-3/h2H2,1H3,(H2,6,10);3H,2H2,1H3. The van der Waals surface area contributed by atoms with Crippen LogP contribution in [0.5, 0.6) is 0 Å². The molecule has 1 aliphatic heterocycles. The first-order valence-electron chi connectivity index (χ1n) is 3.80. The number of hydrogen-bond donors (Lipinski definition) is 2. The van der Waals surface area contributed by atoms with Crippen molar-refractivity contribution in [3.63, 3.8) is 0 Å². The molecule has 0 aliphatic carbocycles. The molecule has 0 saturated heterocycles. The van der Waals surface area contributed by atoms with Gasteiger partial charge in [-0.25, -0.2) is 0 Å². The summed E-state index contributed by atoms with van der Waals surface area (Å²) in [7, 11) is 0. The van der Waals surface area contributed by atoms with E-state index in [2.05, 4.69) is 17.3 Å². The van der Waals surface area contributed by atoms with E-state index in [0.29, 0.717) is 6.42 Å². The molecule has 0 radical (unpaired) electrons. The molecule has 1 rings (SSSR count). The quantitative estimate of drug-likeness (QED) is 0.536. The fraction of sp³-hybridized carbons (Fsp3) is 0.571. The molecule has 0 unspecified atom stereocenters. The second-order valence-corrected chi connectivity index (χ2v) is 2.79. The van der Waals surface area contributed by atoms with Crippen LogP contribution < -0.4 is 5.73 Å². The molecule has 0 atom stereocenters. The van der Waals surface area contributed by atoms with Crippen LogP contribution in [-0.2, 0) is 4.79 Å². The molecule has 5 nitrogen and oxygen atoms in total. The van der Waals surface area contributed by atoms with Gasteiger partial charge in [-0.3, -0.25) is 4.79 Å². The molecule has 1 aliphatic rings. The minimum Gasteiger partial charge on any atom is -0.397 e. The third kappa shape index (κ3) is 3.95. The summed E-state index contributed by atoms with van der Waals surface area (Å²) in [6, 6.07) is 0. The van der Waals surface area contributed by atoms with E-state index in [1.165, 1.54) is 0 Å². The number of aliphatic hydroxyl groups is 1. The summed E-state index contributed by atoms with van der Waals surface area (Å²) in [6.45, 7) is 3.69. The number of carbonyl (C=O) groups is 1. The zero-order valence-corrected chi connectivity index (χ0v) is 8.47. The third-order valence-electron chi connectivity index (χ3n) is 1.12. The van der Waals surface area contributed by atoms with Gasteiger partial charge in [0.1, 0.15) is 0 Å². The van der Waals surface area contributed by atoms with Crippen LogP contribution in [0, 0.1) is 0 Å². The van der Waals surface area contributed by atoms with E-state index in [0.717, 1.165) is 10.7 Å². The van der Waals surface area contributed by atoms with Gasteiger partial charge in [0.15, 0.2) is 5.11 Å². The van der Waals surface area contributed by atoms with E-state index in [9.17, 15) is 4.79 Å². The van der Waals surface area contributed by atoms with Gasteiger partial charge >= 0.3 is 0 Å². The SMILES string of the molecule is CC1=NN(C(N)=S)C(=O)C1.CCO. The van der Waals surface area contributed by atoms with E-state index in [1.54, 1.807) is 13.8 Å². The van der Waals surface area contributed by atoms with Crippen molar-refractivity contribution >= 4 is 28.9 Å². The maximum absolute atomic E-state index is 10.9. The molecule has 6 heteroatoms. The zero-order valence-electron chi connectivity index (χ0n) is 7.65. The van der Waals surface area contributed by atoms with Crippen LogP contribution >= 0.6 is 12.2 Å². The monoisotopic (exact) mass is 203 g/mol. The smallest absolute Gasteiger partial charge is 0.255 e. The molecule has 3 N–H and O–H groups in total. The molecule has 0 aromatic heterocycles. The molecule has 0 aromatic carbocycles. The fourth-order valence-electron chi connectivity index (χ4n) is 0.728. The Bertz CT molecular complexity index is 240. The van der Waals surface area contributed by atoms with Gasteiger partial charge in [-0.2, -0.15) is 10.1 Å². The second-order valence-electron chi connectivity index (χ2n) is 2.37. The van der Waals surface area contributed by atoms with Crippen LogP contribution in [0.3, 0.4) is 0 Å². The van der Waals surface area contributed by atoms with Crippen LogP contribution in [0.4, 0.5) is 0 Å². The molecule has 0 aromatic rings. The summed E-state index contributed by atoms with van der Waals surface area (Å²) in [5, 5.41) is 12.4. The largest absolute Gasteiger partial charge is 0.397 e.